The molecule has 0 aliphatic rings. The molecule has 2 N–H and O–H groups in total. The van der Waals surface area contributed by atoms with E-state index < -0.39 is 0 Å². The van der Waals surface area contributed by atoms with Crippen molar-refractivity contribution in [1.82, 2.24) is 5.43 Å². The first kappa shape index (κ1) is 19.4. The highest BCUT2D eigenvalue weighted by Gasteiger charge is 2.08. The lowest BCUT2D eigenvalue weighted by molar-refractivity contribution is -0.124. The zero-order chi connectivity index (χ0) is 19.1. The van der Waals surface area contributed by atoms with Gasteiger partial charge in [-0.3, -0.25) is 9.59 Å². The number of benzene rings is 2. The molecule has 2 aromatic carbocycles. The predicted octanol–water partition coefficient (Wildman–Crippen LogP) is 3.87. The van der Waals surface area contributed by atoms with Gasteiger partial charge in [-0.05, 0) is 44.9 Å². The summed E-state index contributed by atoms with van der Waals surface area (Å²) in [6, 6.07) is 13.7. The third-order valence-corrected chi connectivity index (χ3v) is 4.05. The zero-order valence-electron chi connectivity index (χ0n) is 15.7. The third-order valence-electron chi connectivity index (χ3n) is 4.05. The SMILES string of the molecule is CC(=NNC(=O)CCC(=O)Nc1ccc(C)cc1C)c1ccc(C)cc1. The molecule has 2 rings (SSSR count). The molecule has 0 atom stereocenters. The van der Waals surface area contributed by atoms with E-state index in [4.69, 9.17) is 0 Å². The second-order valence-electron chi connectivity index (χ2n) is 6.46. The number of nitrogens with one attached hydrogen (secondary N) is 2. The van der Waals surface area contributed by atoms with Gasteiger partial charge in [-0.1, -0.05) is 47.5 Å². The van der Waals surface area contributed by atoms with Gasteiger partial charge in [0.25, 0.3) is 0 Å². The lowest BCUT2D eigenvalue weighted by Crippen LogP contribution is -2.22. The molecular formula is C21H25N3O2. The van der Waals surface area contributed by atoms with Gasteiger partial charge in [-0.15, -0.1) is 0 Å². The first-order valence-corrected chi connectivity index (χ1v) is 8.62. The highest BCUT2D eigenvalue weighted by Crippen LogP contribution is 2.16. The van der Waals surface area contributed by atoms with Gasteiger partial charge in [-0.25, -0.2) is 5.43 Å². The first-order chi connectivity index (χ1) is 12.3. The second-order valence-corrected chi connectivity index (χ2v) is 6.46. The van der Waals surface area contributed by atoms with Crippen molar-refractivity contribution in [3.8, 4) is 0 Å². The molecule has 5 nitrogen and oxygen atoms in total. The molecule has 0 aromatic heterocycles. The Labute approximate surface area is 154 Å². The fourth-order valence-electron chi connectivity index (χ4n) is 2.46. The summed E-state index contributed by atoms with van der Waals surface area (Å²) in [4.78, 5) is 23.9. The van der Waals surface area contributed by atoms with E-state index in [1.165, 1.54) is 5.56 Å². The number of carbonyl (C=O) groups is 2. The highest BCUT2D eigenvalue weighted by molar-refractivity contribution is 5.99. The maximum Gasteiger partial charge on any atom is 0.240 e. The van der Waals surface area contributed by atoms with E-state index in [1.54, 1.807) is 0 Å². The average Bonchev–Trinajstić information content (AvgIpc) is 2.61. The molecule has 5 heteroatoms. The van der Waals surface area contributed by atoms with Crippen LogP contribution in [0.1, 0.15) is 42.0 Å². The molecule has 2 amide bonds. The van der Waals surface area contributed by atoms with Gasteiger partial charge in [0.15, 0.2) is 0 Å². The lowest BCUT2D eigenvalue weighted by atomic mass is 10.1. The minimum atomic E-state index is -0.285. The van der Waals surface area contributed by atoms with Gasteiger partial charge in [0, 0.05) is 18.5 Å². The molecule has 0 unspecified atom stereocenters. The smallest absolute Gasteiger partial charge is 0.240 e. The summed E-state index contributed by atoms with van der Waals surface area (Å²) in [6.07, 6.45) is 0.194. The number of aryl methyl sites for hydroxylation is 3. The molecule has 0 bridgehead atoms. The Balaban J connectivity index is 1.81. The molecule has 0 saturated heterocycles. The minimum Gasteiger partial charge on any atom is -0.326 e. The molecule has 26 heavy (non-hydrogen) atoms. The van der Waals surface area contributed by atoms with Gasteiger partial charge >= 0.3 is 0 Å². The molecular weight excluding hydrogens is 326 g/mol. The third kappa shape index (κ3) is 5.84. The Morgan fingerprint density at radius 3 is 2.15 bits per heavy atom. The number of nitrogens with zero attached hydrogens (tertiary/aromatic N) is 1. The van der Waals surface area contributed by atoms with Crippen molar-refractivity contribution in [3.63, 3.8) is 0 Å². The van der Waals surface area contributed by atoms with Crippen LogP contribution in [0.3, 0.4) is 0 Å². The van der Waals surface area contributed by atoms with Crippen LogP contribution in [-0.2, 0) is 9.59 Å². The normalized spacial score (nSPS) is 11.2. The number of hydrazone groups is 1. The Hall–Kier alpha value is -2.95. The quantitative estimate of drug-likeness (QED) is 0.612. The predicted molar refractivity (Wildman–Crippen MR) is 105 cm³/mol. The summed E-state index contributed by atoms with van der Waals surface area (Å²) in [5.74, 6) is -0.474. The molecule has 136 valence electrons. The fourth-order valence-corrected chi connectivity index (χ4v) is 2.46. The van der Waals surface area contributed by atoms with Crippen molar-refractivity contribution in [1.29, 1.82) is 0 Å². The van der Waals surface area contributed by atoms with Crippen LogP contribution in [0.2, 0.25) is 0 Å². The minimum absolute atomic E-state index is 0.0847. The number of rotatable bonds is 6. The van der Waals surface area contributed by atoms with E-state index in [-0.39, 0.29) is 24.7 Å². The van der Waals surface area contributed by atoms with Gasteiger partial charge in [-0.2, -0.15) is 5.10 Å². The van der Waals surface area contributed by atoms with Crippen LogP contribution in [0.15, 0.2) is 47.6 Å². The lowest BCUT2D eigenvalue weighted by Gasteiger charge is -2.09. The summed E-state index contributed by atoms with van der Waals surface area (Å²) in [5, 5.41) is 6.93. The Morgan fingerprint density at radius 2 is 1.50 bits per heavy atom. The van der Waals surface area contributed by atoms with E-state index in [9.17, 15) is 9.59 Å². The zero-order valence-corrected chi connectivity index (χ0v) is 15.7. The van der Waals surface area contributed by atoms with Crippen molar-refractivity contribution >= 4 is 23.2 Å². The molecule has 0 fully saturated rings. The monoisotopic (exact) mass is 351 g/mol. The van der Waals surface area contributed by atoms with Crippen molar-refractivity contribution in [2.75, 3.05) is 5.32 Å². The second kappa shape index (κ2) is 8.94. The van der Waals surface area contributed by atoms with E-state index in [1.807, 2.05) is 70.2 Å². The van der Waals surface area contributed by atoms with Gasteiger partial charge in [0.05, 0.1) is 5.71 Å². The Morgan fingerprint density at radius 1 is 0.885 bits per heavy atom. The van der Waals surface area contributed by atoms with E-state index >= 15 is 0 Å². The van der Waals surface area contributed by atoms with E-state index in [2.05, 4.69) is 15.8 Å². The van der Waals surface area contributed by atoms with Crippen molar-refractivity contribution in [2.45, 2.75) is 40.5 Å². The summed E-state index contributed by atoms with van der Waals surface area (Å²) in [5.41, 5.74) is 8.25. The maximum atomic E-state index is 12.0. The van der Waals surface area contributed by atoms with Crippen LogP contribution >= 0.6 is 0 Å². The molecule has 0 radical (unpaired) electrons. The van der Waals surface area contributed by atoms with E-state index in [0.717, 1.165) is 28.1 Å². The summed E-state index contributed by atoms with van der Waals surface area (Å²) >= 11 is 0. The molecule has 0 spiro atoms. The summed E-state index contributed by atoms with van der Waals surface area (Å²) in [6.45, 7) is 7.79. The van der Waals surface area contributed by atoms with Gasteiger partial charge < -0.3 is 5.32 Å². The largest absolute Gasteiger partial charge is 0.326 e. The average molecular weight is 351 g/mol. The number of anilines is 1. The van der Waals surface area contributed by atoms with Crippen LogP contribution in [0.25, 0.3) is 0 Å². The van der Waals surface area contributed by atoms with Gasteiger partial charge in [0.1, 0.15) is 0 Å². The molecule has 0 saturated carbocycles. The van der Waals surface area contributed by atoms with Crippen molar-refractivity contribution < 1.29 is 9.59 Å². The number of amides is 2. The van der Waals surface area contributed by atoms with Crippen LogP contribution < -0.4 is 10.7 Å². The van der Waals surface area contributed by atoms with Crippen molar-refractivity contribution in [3.05, 3.63) is 64.7 Å². The number of hydrogen-bond acceptors (Lipinski definition) is 3. The Kier molecular flexibility index (Phi) is 6.67. The Bertz CT molecular complexity index is 824. The van der Waals surface area contributed by atoms with Crippen LogP contribution in [0.4, 0.5) is 5.69 Å². The van der Waals surface area contributed by atoms with Crippen LogP contribution in [0.5, 0.6) is 0 Å². The summed E-state index contributed by atoms with van der Waals surface area (Å²) in [7, 11) is 0. The highest BCUT2D eigenvalue weighted by atomic mass is 16.2. The van der Waals surface area contributed by atoms with Gasteiger partial charge in [0.2, 0.25) is 11.8 Å². The van der Waals surface area contributed by atoms with Crippen LogP contribution in [0, 0.1) is 20.8 Å². The molecule has 0 heterocycles. The maximum absolute atomic E-state index is 12.0. The fraction of sp³-hybridized carbons (Fsp3) is 0.286. The number of carbonyl (C=O) groups excluding carboxylic acids is 2. The summed E-state index contributed by atoms with van der Waals surface area (Å²) < 4.78 is 0. The topological polar surface area (TPSA) is 70.6 Å². The molecule has 0 aliphatic carbocycles. The standard InChI is InChI=1S/C21H25N3O2/c1-14-5-8-18(9-6-14)17(4)23-24-21(26)12-11-20(25)22-19-10-7-15(2)13-16(19)3/h5-10,13H,11-12H2,1-4H3,(H,22,25)(H,24,26). The van der Waals surface area contributed by atoms with Crippen molar-refractivity contribution in [2.24, 2.45) is 5.10 Å². The number of hydrogen-bond donors (Lipinski definition) is 2. The molecule has 0 aliphatic heterocycles. The first-order valence-electron chi connectivity index (χ1n) is 8.62. The molecule has 2 aromatic rings. The van der Waals surface area contributed by atoms with Crippen LogP contribution in [-0.4, -0.2) is 17.5 Å². The van der Waals surface area contributed by atoms with E-state index in [0.29, 0.717) is 0 Å².